The van der Waals surface area contributed by atoms with E-state index in [9.17, 15) is 24.3 Å². The third-order valence-corrected chi connectivity index (χ3v) is 5.41. The van der Waals surface area contributed by atoms with Crippen LogP contribution in [0.4, 0.5) is 0 Å². The van der Waals surface area contributed by atoms with E-state index in [1.54, 1.807) is 13.8 Å². The van der Waals surface area contributed by atoms with Crippen molar-refractivity contribution in [3.63, 3.8) is 0 Å². The van der Waals surface area contributed by atoms with Crippen molar-refractivity contribution < 1.29 is 34.2 Å². The predicted octanol–water partition coefficient (Wildman–Crippen LogP) is 0.808. The van der Waals surface area contributed by atoms with Gasteiger partial charge in [-0.25, -0.2) is 4.79 Å². The molecule has 1 rings (SSSR count). The average Bonchev–Trinajstić information content (AvgIpc) is 3.18. The molecule has 6 N–H and O–H groups in total. The van der Waals surface area contributed by atoms with Gasteiger partial charge in [0.1, 0.15) is 18.1 Å². The molecule has 0 aromatic rings. The number of hydrogen-bond acceptors (Lipinski definition) is 6. The Bertz CT molecular complexity index is 720. The molecule has 1 saturated heterocycles. The van der Waals surface area contributed by atoms with E-state index in [4.69, 9.17) is 15.6 Å². The van der Waals surface area contributed by atoms with Gasteiger partial charge in [-0.3, -0.25) is 19.2 Å². The molecule has 11 nitrogen and oxygen atoms in total. The first-order valence-corrected chi connectivity index (χ1v) is 11.7. The maximum Gasteiger partial charge on any atom is 0.326 e. The van der Waals surface area contributed by atoms with Crippen molar-refractivity contribution in [2.24, 2.45) is 23.5 Å². The van der Waals surface area contributed by atoms with E-state index in [-0.39, 0.29) is 23.7 Å². The highest BCUT2D eigenvalue weighted by Gasteiger charge is 2.38. The van der Waals surface area contributed by atoms with Gasteiger partial charge in [0.15, 0.2) is 0 Å². The van der Waals surface area contributed by atoms with E-state index in [2.05, 4.69) is 10.6 Å². The van der Waals surface area contributed by atoms with Crippen LogP contribution in [0.2, 0.25) is 0 Å². The van der Waals surface area contributed by atoms with Gasteiger partial charge in [0.25, 0.3) is 5.97 Å². The van der Waals surface area contributed by atoms with Crippen molar-refractivity contribution in [1.29, 1.82) is 0 Å². The van der Waals surface area contributed by atoms with Gasteiger partial charge in [0.05, 0.1) is 6.04 Å². The number of aliphatic carboxylic acids is 2. The molecule has 0 saturated carbocycles. The van der Waals surface area contributed by atoms with Crippen molar-refractivity contribution in [1.82, 2.24) is 15.5 Å². The van der Waals surface area contributed by atoms with E-state index < -0.39 is 47.9 Å². The van der Waals surface area contributed by atoms with Gasteiger partial charge in [-0.2, -0.15) is 0 Å². The van der Waals surface area contributed by atoms with Gasteiger partial charge in [-0.15, -0.1) is 0 Å². The maximum atomic E-state index is 13.0. The molecule has 1 aliphatic heterocycles. The Labute approximate surface area is 201 Å². The Hall–Kier alpha value is -2.69. The molecule has 0 unspecified atom stereocenters. The highest BCUT2D eigenvalue weighted by molar-refractivity contribution is 5.94. The van der Waals surface area contributed by atoms with Crippen LogP contribution >= 0.6 is 0 Å². The van der Waals surface area contributed by atoms with Crippen molar-refractivity contribution in [3.8, 4) is 0 Å². The van der Waals surface area contributed by atoms with Crippen LogP contribution in [-0.2, 0) is 24.0 Å². The number of rotatable bonds is 10. The largest absolute Gasteiger partial charge is 0.481 e. The monoisotopic (exact) mass is 486 g/mol. The van der Waals surface area contributed by atoms with Crippen LogP contribution in [0.15, 0.2) is 0 Å². The van der Waals surface area contributed by atoms with Crippen molar-refractivity contribution >= 4 is 29.7 Å². The molecular formula is C23H42N4O7. The first kappa shape index (κ1) is 31.3. The summed E-state index contributed by atoms with van der Waals surface area (Å²) in [6.45, 7) is 12.5. The fourth-order valence-electron chi connectivity index (χ4n) is 3.52. The zero-order valence-electron chi connectivity index (χ0n) is 21.3. The Morgan fingerprint density at radius 3 is 1.91 bits per heavy atom. The van der Waals surface area contributed by atoms with Gasteiger partial charge in [0, 0.05) is 13.5 Å². The molecule has 0 aromatic heterocycles. The van der Waals surface area contributed by atoms with Crippen LogP contribution < -0.4 is 16.4 Å². The fourth-order valence-corrected chi connectivity index (χ4v) is 3.52. The summed E-state index contributed by atoms with van der Waals surface area (Å²) in [7, 11) is 0. The molecule has 0 spiro atoms. The molecule has 3 amide bonds. The number of carbonyl (C=O) groups is 5. The van der Waals surface area contributed by atoms with Crippen LogP contribution in [0, 0.1) is 17.8 Å². The van der Waals surface area contributed by atoms with Gasteiger partial charge in [-0.1, -0.05) is 41.5 Å². The van der Waals surface area contributed by atoms with Gasteiger partial charge in [-0.05, 0) is 37.0 Å². The predicted molar refractivity (Wildman–Crippen MR) is 127 cm³/mol. The van der Waals surface area contributed by atoms with Crippen molar-refractivity contribution in [3.05, 3.63) is 0 Å². The van der Waals surface area contributed by atoms with Crippen LogP contribution in [-0.4, -0.2) is 75.5 Å². The van der Waals surface area contributed by atoms with E-state index >= 15 is 0 Å². The van der Waals surface area contributed by atoms with E-state index in [1.165, 1.54) is 4.90 Å². The minimum absolute atomic E-state index is 0.0507. The summed E-state index contributed by atoms with van der Waals surface area (Å²) < 4.78 is 0. The lowest BCUT2D eigenvalue weighted by molar-refractivity contribution is -0.144. The molecular weight excluding hydrogens is 444 g/mol. The minimum atomic E-state index is -1.12. The Kier molecular flexibility index (Phi) is 13.4. The molecule has 0 aliphatic carbocycles. The number of carbonyl (C=O) groups excluding carboxylic acids is 3. The van der Waals surface area contributed by atoms with E-state index in [1.807, 2.05) is 27.7 Å². The lowest BCUT2D eigenvalue weighted by Crippen LogP contribution is -2.57. The molecule has 34 heavy (non-hydrogen) atoms. The minimum Gasteiger partial charge on any atom is -0.481 e. The maximum absolute atomic E-state index is 13.0. The number of amides is 3. The summed E-state index contributed by atoms with van der Waals surface area (Å²) >= 11 is 0. The lowest BCUT2D eigenvalue weighted by atomic mass is 10.00. The molecule has 4 atom stereocenters. The van der Waals surface area contributed by atoms with Gasteiger partial charge >= 0.3 is 5.97 Å². The van der Waals surface area contributed by atoms with E-state index in [0.717, 1.165) is 6.92 Å². The standard InChI is InChI=1S/C21H38N4O5.C2H4O2/c1-11(2)10-14(18(26)24-17(13(5)6)21(29)30)23-19(27)15-8-7-9-25(15)20(28)16(22)12(3)4;1-2(3)4/h11-17H,7-10,22H2,1-6H3,(H,23,27)(H,24,26)(H,29,30);1H3,(H,3,4)/t14-,15-,16-,17-;/m0./s1. The summed E-state index contributed by atoms with van der Waals surface area (Å²) in [6.07, 6.45) is 1.54. The number of carboxylic acid groups (broad SMARTS) is 2. The van der Waals surface area contributed by atoms with Crippen LogP contribution in [0.3, 0.4) is 0 Å². The third-order valence-electron chi connectivity index (χ3n) is 5.41. The first-order chi connectivity index (χ1) is 15.6. The zero-order valence-corrected chi connectivity index (χ0v) is 21.3. The first-order valence-electron chi connectivity index (χ1n) is 11.7. The highest BCUT2D eigenvalue weighted by Crippen LogP contribution is 2.20. The topological polar surface area (TPSA) is 179 Å². The second kappa shape index (κ2) is 14.5. The smallest absolute Gasteiger partial charge is 0.326 e. The summed E-state index contributed by atoms with van der Waals surface area (Å²) in [6, 6.07) is -3.28. The highest BCUT2D eigenvalue weighted by atomic mass is 16.4. The fraction of sp³-hybridized carbons (Fsp3) is 0.783. The molecule has 11 heteroatoms. The number of likely N-dealkylation sites (tertiary alicyclic amines) is 1. The second-order valence-electron chi connectivity index (χ2n) is 9.74. The average molecular weight is 487 g/mol. The number of carboxylic acids is 2. The van der Waals surface area contributed by atoms with Crippen LogP contribution in [0.5, 0.6) is 0 Å². The molecule has 1 heterocycles. The number of nitrogens with one attached hydrogen (secondary N) is 2. The summed E-state index contributed by atoms with van der Waals surface area (Å²) in [4.78, 5) is 60.3. The van der Waals surface area contributed by atoms with Crippen LogP contribution in [0.1, 0.15) is 67.7 Å². The number of nitrogens with two attached hydrogens (primary N) is 1. The van der Waals surface area contributed by atoms with Gasteiger partial charge < -0.3 is 31.5 Å². The number of nitrogens with zero attached hydrogens (tertiary/aromatic N) is 1. The molecule has 1 fully saturated rings. The SMILES string of the molecule is CC(=O)O.CC(C)C[C@H](NC(=O)[C@@H]1CCCN1C(=O)[C@@H](N)C(C)C)C(=O)N[C@H](C(=O)O)C(C)C. The molecule has 0 bridgehead atoms. The molecule has 196 valence electrons. The molecule has 1 aliphatic rings. The Balaban J connectivity index is 0.00000251. The summed E-state index contributed by atoms with van der Waals surface area (Å²) in [5.74, 6) is -3.42. The zero-order chi connectivity index (χ0) is 26.7. The quantitative estimate of drug-likeness (QED) is 0.301. The second-order valence-corrected chi connectivity index (χ2v) is 9.74. The summed E-state index contributed by atoms with van der Waals surface area (Å²) in [5.41, 5.74) is 5.99. The molecule has 0 aromatic carbocycles. The number of hydrogen-bond donors (Lipinski definition) is 5. The van der Waals surface area contributed by atoms with Gasteiger partial charge in [0.2, 0.25) is 17.7 Å². The normalized spacial score (nSPS) is 18.1. The Morgan fingerprint density at radius 2 is 1.50 bits per heavy atom. The molecule has 0 radical (unpaired) electrons. The third kappa shape index (κ3) is 10.5. The van der Waals surface area contributed by atoms with E-state index in [0.29, 0.717) is 25.8 Å². The Morgan fingerprint density at radius 1 is 0.971 bits per heavy atom. The van der Waals surface area contributed by atoms with Crippen molar-refractivity contribution in [2.75, 3.05) is 6.54 Å². The van der Waals surface area contributed by atoms with Crippen molar-refractivity contribution in [2.45, 2.75) is 91.9 Å². The lowest BCUT2D eigenvalue weighted by Gasteiger charge is -2.30. The summed E-state index contributed by atoms with van der Waals surface area (Å²) in [5, 5.41) is 22.0. The van der Waals surface area contributed by atoms with Crippen LogP contribution in [0.25, 0.3) is 0 Å².